The van der Waals surface area contributed by atoms with Crippen molar-refractivity contribution in [1.82, 2.24) is 4.90 Å². The van der Waals surface area contributed by atoms with Gasteiger partial charge in [-0.15, -0.1) is 0 Å². The van der Waals surface area contributed by atoms with Gasteiger partial charge in [-0.1, -0.05) is 6.07 Å². The molecule has 1 aliphatic rings. The van der Waals surface area contributed by atoms with Crippen LogP contribution < -0.4 is 4.74 Å². The van der Waals surface area contributed by atoms with Crippen molar-refractivity contribution >= 4 is 0 Å². The number of rotatable bonds is 7. The van der Waals surface area contributed by atoms with Crippen LogP contribution in [0.3, 0.4) is 0 Å². The molecule has 142 valence electrons. The molecule has 0 aromatic heterocycles. The molecule has 1 fully saturated rings. The summed E-state index contributed by atoms with van der Waals surface area (Å²) in [5.41, 5.74) is 0.685. The highest BCUT2D eigenvalue weighted by atomic mass is 19.1. The number of halogens is 1. The minimum Gasteiger partial charge on any atom is -0.488 e. The van der Waals surface area contributed by atoms with E-state index in [1.807, 2.05) is 27.7 Å². The van der Waals surface area contributed by atoms with E-state index in [1.54, 1.807) is 12.1 Å². The molecule has 0 spiro atoms. The first-order chi connectivity index (χ1) is 11.7. The molecule has 0 bridgehead atoms. The number of nitrogens with zero attached hydrogens (tertiary/aromatic N) is 1. The summed E-state index contributed by atoms with van der Waals surface area (Å²) in [7, 11) is 0. The van der Waals surface area contributed by atoms with Crippen molar-refractivity contribution in [2.75, 3.05) is 39.5 Å². The number of aliphatic hydroxyl groups excluding tert-OH is 1. The fourth-order valence-electron chi connectivity index (χ4n) is 2.65. The van der Waals surface area contributed by atoms with E-state index in [2.05, 4.69) is 4.90 Å². The lowest BCUT2D eigenvalue weighted by molar-refractivity contribution is -0.0813. The number of hydrogen-bond acceptors (Lipinski definition) is 5. The predicted octanol–water partition coefficient (Wildman–Crippen LogP) is 2.39. The molecule has 1 N–H and O–H groups in total. The normalized spacial score (nSPS) is 20.5. The first-order valence-corrected chi connectivity index (χ1v) is 8.78. The number of morpholine rings is 1. The molecule has 6 heteroatoms. The summed E-state index contributed by atoms with van der Waals surface area (Å²) >= 11 is 0. The zero-order valence-corrected chi connectivity index (χ0v) is 15.6. The van der Waals surface area contributed by atoms with E-state index in [1.165, 1.54) is 6.07 Å². The SMILES string of the molecule is Cc1ccc(F)c(OC[C@H]2CN(C[C@@H](O)COC(C)(C)C)CCO2)c1. The van der Waals surface area contributed by atoms with Crippen LogP contribution in [0.25, 0.3) is 0 Å². The lowest BCUT2D eigenvalue weighted by atomic mass is 10.2. The molecule has 1 aromatic carbocycles. The third-order valence-electron chi connectivity index (χ3n) is 3.91. The van der Waals surface area contributed by atoms with Crippen LogP contribution in [0, 0.1) is 12.7 Å². The van der Waals surface area contributed by atoms with Gasteiger partial charge in [-0.3, -0.25) is 4.90 Å². The number of aliphatic hydroxyl groups is 1. The van der Waals surface area contributed by atoms with Gasteiger partial charge in [0.25, 0.3) is 0 Å². The van der Waals surface area contributed by atoms with Crippen molar-refractivity contribution in [2.45, 2.75) is 45.5 Å². The Morgan fingerprint density at radius 3 is 2.88 bits per heavy atom. The van der Waals surface area contributed by atoms with E-state index in [-0.39, 0.29) is 29.9 Å². The van der Waals surface area contributed by atoms with Gasteiger partial charge in [0.15, 0.2) is 11.6 Å². The molecule has 1 saturated heterocycles. The average Bonchev–Trinajstić information content (AvgIpc) is 2.53. The molecule has 0 radical (unpaired) electrons. The van der Waals surface area contributed by atoms with Crippen molar-refractivity contribution in [3.8, 4) is 5.75 Å². The van der Waals surface area contributed by atoms with Crippen LogP contribution in [0.15, 0.2) is 18.2 Å². The smallest absolute Gasteiger partial charge is 0.165 e. The number of ether oxygens (including phenoxy) is 3. The maximum Gasteiger partial charge on any atom is 0.165 e. The minimum absolute atomic E-state index is 0.149. The summed E-state index contributed by atoms with van der Waals surface area (Å²) in [4.78, 5) is 2.13. The number of hydrogen-bond donors (Lipinski definition) is 1. The maximum atomic E-state index is 13.7. The topological polar surface area (TPSA) is 51.2 Å². The van der Waals surface area contributed by atoms with Gasteiger partial charge in [0, 0.05) is 19.6 Å². The molecule has 0 saturated carbocycles. The Balaban J connectivity index is 1.77. The van der Waals surface area contributed by atoms with Crippen LogP contribution >= 0.6 is 0 Å². The van der Waals surface area contributed by atoms with Crippen LogP contribution in [0.5, 0.6) is 5.75 Å². The third-order valence-corrected chi connectivity index (χ3v) is 3.91. The molecular weight excluding hydrogens is 325 g/mol. The predicted molar refractivity (Wildman–Crippen MR) is 94.5 cm³/mol. The molecule has 2 rings (SSSR count). The van der Waals surface area contributed by atoms with Gasteiger partial charge in [0.05, 0.1) is 24.9 Å². The van der Waals surface area contributed by atoms with Crippen LogP contribution in [0.4, 0.5) is 4.39 Å². The van der Waals surface area contributed by atoms with Crippen molar-refractivity contribution in [1.29, 1.82) is 0 Å². The van der Waals surface area contributed by atoms with Crippen LogP contribution in [0.1, 0.15) is 26.3 Å². The molecule has 1 aliphatic heterocycles. The monoisotopic (exact) mass is 355 g/mol. The Morgan fingerprint density at radius 1 is 1.40 bits per heavy atom. The quantitative estimate of drug-likeness (QED) is 0.814. The van der Waals surface area contributed by atoms with Gasteiger partial charge in [-0.25, -0.2) is 4.39 Å². The molecule has 0 amide bonds. The molecule has 2 atom stereocenters. The summed E-state index contributed by atoms with van der Waals surface area (Å²) in [6.45, 7) is 10.9. The Hall–Kier alpha value is -1.21. The van der Waals surface area contributed by atoms with Gasteiger partial charge in [0.2, 0.25) is 0 Å². The summed E-state index contributed by atoms with van der Waals surface area (Å²) in [5, 5.41) is 10.1. The van der Waals surface area contributed by atoms with E-state index in [4.69, 9.17) is 14.2 Å². The zero-order chi connectivity index (χ0) is 18.4. The molecule has 1 aromatic rings. The van der Waals surface area contributed by atoms with Gasteiger partial charge in [0.1, 0.15) is 12.7 Å². The van der Waals surface area contributed by atoms with Gasteiger partial charge >= 0.3 is 0 Å². The van der Waals surface area contributed by atoms with Gasteiger partial charge in [-0.2, -0.15) is 0 Å². The molecule has 1 heterocycles. The summed E-state index contributed by atoms with van der Waals surface area (Å²) < 4.78 is 30.6. The summed E-state index contributed by atoms with van der Waals surface area (Å²) in [6, 6.07) is 4.80. The lowest BCUT2D eigenvalue weighted by Gasteiger charge is -2.34. The number of β-amino-alcohol motifs (C(OH)–C–C–N with tert-alkyl or cyclic N) is 1. The second-order valence-corrected chi connectivity index (χ2v) is 7.57. The van der Waals surface area contributed by atoms with Crippen LogP contribution in [-0.2, 0) is 9.47 Å². The minimum atomic E-state index is -0.548. The summed E-state index contributed by atoms with van der Waals surface area (Å²) in [5.74, 6) is -0.118. The second kappa shape index (κ2) is 8.94. The molecule has 0 aliphatic carbocycles. The number of benzene rings is 1. The molecule has 5 nitrogen and oxygen atoms in total. The largest absolute Gasteiger partial charge is 0.488 e. The molecule has 0 unspecified atom stereocenters. The highest BCUT2D eigenvalue weighted by molar-refractivity contribution is 5.29. The first-order valence-electron chi connectivity index (χ1n) is 8.78. The van der Waals surface area contributed by atoms with Crippen molar-refractivity contribution in [3.63, 3.8) is 0 Å². The van der Waals surface area contributed by atoms with E-state index in [0.717, 1.165) is 12.1 Å². The van der Waals surface area contributed by atoms with Crippen LogP contribution in [0.2, 0.25) is 0 Å². The Labute approximate surface area is 149 Å². The van der Waals surface area contributed by atoms with Crippen LogP contribution in [-0.4, -0.2) is 67.3 Å². The molecular formula is C19H30FNO4. The highest BCUT2D eigenvalue weighted by Gasteiger charge is 2.24. The second-order valence-electron chi connectivity index (χ2n) is 7.57. The van der Waals surface area contributed by atoms with Gasteiger partial charge in [-0.05, 0) is 45.4 Å². The average molecular weight is 355 g/mol. The van der Waals surface area contributed by atoms with E-state index in [9.17, 15) is 9.50 Å². The van der Waals surface area contributed by atoms with E-state index < -0.39 is 6.10 Å². The van der Waals surface area contributed by atoms with Crippen molar-refractivity contribution in [2.24, 2.45) is 0 Å². The highest BCUT2D eigenvalue weighted by Crippen LogP contribution is 2.19. The maximum absolute atomic E-state index is 13.7. The standard InChI is InChI=1S/C19H30FNO4/c1-14-5-6-17(20)18(9-14)24-13-16-11-21(7-8-23-16)10-15(22)12-25-19(2,3)4/h5-6,9,15-16,22H,7-8,10-13H2,1-4H3/t15-,16-/m1/s1. The zero-order valence-electron chi connectivity index (χ0n) is 15.6. The Bertz CT molecular complexity index is 547. The summed E-state index contributed by atoms with van der Waals surface area (Å²) in [6.07, 6.45) is -0.697. The first kappa shape index (κ1) is 20.1. The lowest BCUT2D eigenvalue weighted by Crippen LogP contribution is -2.48. The fourth-order valence-corrected chi connectivity index (χ4v) is 2.65. The Morgan fingerprint density at radius 2 is 2.16 bits per heavy atom. The fraction of sp³-hybridized carbons (Fsp3) is 0.684. The van der Waals surface area contributed by atoms with E-state index >= 15 is 0 Å². The van der Waals surface area contributed by atoms with Crippen molar-refractivity contribution < 1.29 is 23.7 Å². The van der Waals surface area contributed by atoms with Crippen molar-refractivity contribution in [3.05, 3.63) is 29.6 Å². The number of aryl methyl sites for hydroxylation is 1. The Kier molecular flexibility index (Phi) is 7.19. The third kappa shape index (κ3) is 7.28. The van der Waals surface area contributed by atoms with Gasteiger partial charge < -0.3 is 19.3 Å². The molecule has 25 heavy (non-hydrogen) atoms. The van der Waals surface area contributed by atoms with E-state index in [0.29, 0.717) is 26.3 Å².